The Morgan fingerprint density at radius 2 is 1.38 bits per heavy atom. The second kappa shape index (κ2) is 7.39. The molecule has 0 saturated carbocycles. The first-order chi connectivity index (χ1) is 16.0. The Hall–Kier alpha value is -3.72. The molecule has 0 radical (unpaired) electrons. The van der Waals surface area contributed by atoms with Gasteiger partial charge in [0.05, 0.1) is 29.7 Å². The smallest absolute Gasteiger partial charge is 0.244 e. The van der Waals surface area contributed by atoms with Gasteiger partial charge in [-0.3, -0.25) is 5.41 Å². The molecule has 2 saturated heterocycles. The SMILES string of the molecule is CC1C2(c3ccc(Cl)cc3)OC(=N)C1(C#N)C(C#N)(C#N)C(c1c(F)c(F)c(F)c(F)c1F)O2. The van der Waals surface area contributed by atoms with Crippen LogP contribution in [-0.4, -0.2) is 5.90 Å². The lowest BCUT2D eigenvalue weighted by atomic mass is 9.53. The van der Waals surface area contributed by atoms with E-state index in [1.807, 2.05) is 0 Å². The molecule has 172 valence electrons. The molecule has 4 atom stereocenters. The number of fused-ring (bicyclic) bond motifs is 2. The minimum atomic E-state index is -2.94. The Balaban J connectivity index is 2.13. The van der Waals surface area contributed by atoms with Crippen molar-refractivity contribution in [2.75, 3.05) is 0 Å². The Bertz CT molecular complexity index is 1340. The van der Waals surface area contributed by atoms with E-state index < -0.39 is 69.2 Å². The maximum absolute atomic E-state index is 14.9. The van der Waals surface area contributed by atoms with E-state index in [-0.39, 0.29) is 10.6 Å². The molecule has 2 aliphatic rings. The van der Waals surface area contributed by atoms with Crippen LogP contribution in [0.1, 0.15) is 24.2 Å². The molecular formula is C22H10ClF5N4O2. The highest BCUT2D eigenvalue weighted by Gasteiger charge is 2.80. The maximum Gasteiger partial charge on any atom is 0.244 e. The second-order valence-corrected chi connectivity index (χ2v) is 8.20. The van der Waals surface area contributed by atoms with Gasteiger partial charge in [-0.1, -0.05) is 30.7 Å². The zero-order chi connectivity index (χ0) is 25.2. The predicted octanol–water partition coefficient (Wildman–Crippen LogP) is 5.15. The first-order valence-electron chi connectivity index (χ1n) is 9.46. The number of nitriles is 3. The number of ether oxygens (including phenoxy) is 2. The van der Waals surface area contributed by atoms with Crippen LogP contribution in [0, 0.1) is 85.2 Å². The quantitative estimate of drug-likeness (QED) is 0.354. The van der Waals surface area contributed by atoms with Gasteiger partial charge in [-0.25, -0.2) is 22.0 Å². The van der Waals surface area contributed by atoms with E-state index in [0.717, 1.165) is 0 Å². The number of halogens is 6. The van der Waals surface area contributed by atoms with E-state index in [1.54, 1.807) is 6.07 Å². The molecule has 6 nitrogen and oxygen atoms in total. The number of rotatable bonds is 2. The zero-order valence-electron chi connectivity index (χ0n) is 16.9. The van der Waals surface area contributed by atoms with Crippen molar-refractivity contribution < 1.29 is 31.4 Å². The first kappa shape index (κ1) is 23.4. The van der Waals surface area contributed by atoms with Crippen LogP contribution in [0.2, 0.25) is 5.02 Å². The summed E-state index contributed by atoms with van der Waals surface area (Å²) in [7, 11) is 0. The fraction of sp³-hybridized carbons (Fsp3) is 0.273. The van der Waals surface area contributed by atoms with Crippen molar-refractivity contribution in [1.82, 2.24) is 0 Å². The average molecular weight is 493 g/mol. The minimum absolute atomic E-state index is 0.0598. The molecule has 2 bridgehead atoms. The van der Waals surface area contributed by atoms with Crippen LogP contribution in [-0.2, 0) is 15.3 Å². The second-order valence-electron chi connectivity index (χ2n) is 7.76. The number of nitrogens with zero attached hydrogens (tertiary/aromatic N) is 3. The van der Waals surface area contributed by atoms with E-state index >= 15 is 0 Å². The molecule has 2 aromatic carbocycles. The summed E-state index contributed by atoms with van der Waals surface area (Å²) in [6, 6.07) is 10.00. The Labute approximate surface area is 193 Å². The lowest BCUT2D eigenvalue weighted by Crippen LogP contribution is -2.57. The fourth-order valence-electron chi connectivity index (χ4n) is 4.66. The molecule has 4 unspecified atom stereocenters. The number of benzene rings is 2. The Morgan fingerprint density at radius 3 is 1.85 bits per heavy atom. The molecule has 0 aliphatic carbocycles. The summed E-state index contributed by atoms with van der Waals surface area (Å²) in [6.45, 7) is 1.30. The molecule has 4 rings (SSSR count). The van der Waals surface area contributed by atoms with Gasteiger partial charge < -0.3 is 9.47 Å². The monoisotopic (exact) mass is 492 g/mol. The lowest BCUT2D eigenvalue weighted by molar-refractivity contribution is -0.289. The van der Waals surface area contributed by atoms with Gasteiger partial charge in [0.1, 0.15) is 6.10 Å². The van der Waals surface area contributed by atoms with Crippen molar-refractivity contribution in [2.45, 2.75) is 18.8 Å². The lowest BCUT2D eigenvalue weighted by Gasteiger charge is -2.48. The third-order valence-electron chi connectivity index (χ3n) is 6.42. The highest BCUT2D eigenvalue weighted by Crippen LogP contribution is 2.69. The van der Waals surface area contributed by atoms with E-state index in [2.05, 4.69) is 0 Å². The summed E-state index contributed by atoms with van der Waals surface area (Å²) in [5, 5.41) is 38.8. The summed E-state index contributed by atoms with van der Waals surface area (Å²) in [6.07, 6.45) is -2.53. The number of nitrogens with one attached hydrogen (secondary N) is 1. The fourth-order valence-corrected chi connectivity index (χ4v) is 4.79. The van der Waals surface area contributed by atoms with Crippen LogP contribution in [0.15, 0.2) is 24.3 Å². The molecule has 2 fully saturated rings. The number of hydrogen-bond donors (Lipinski definition) is 1. The van der Waals surface area contributed by atoms with Crippen molar-refractivity contribution in [3.63, 3.8) is 0 Å². The standard InChI is InChI=1S/C22H10ClF5N4O2/c1-9-21(8-31)19(32)34-22(9,10-2-4-11(23)5-3-10)33-18(20(21,6-29)7-30)12-13(24)15(26)17(28)16(27)14(12)25/h2-5,9,18,32H,1H3. The van der Waals surface area contributed by atoms with E-state index in [1.165, 1.54) is 43.3 Å². The van der Waals surface area contributed by atoms with Crippen molar-refractivity contribution in [3.8, 4) is 18.2 Å². The summed E-state index contributed by atoms with van der Waals surface area (Å²) in [5.74, 6) is -16.3. The third kappa shape index (κ3) is 2.47. The first-order valence-corrected chi connectivity index (χ1v) is 9.83. The molecular weight excluding hydrogens is 483 g/mol. The topological polar surface area (TPSA) is 114 Å². The third-order valence-corrected chi connectivity index (χ3v) is 6.67. The van der Waals surface area contributed by atoms with Gasteiger partial charge in [-0.05, 0) is 12.1 Å². The van der Waals surface area contributed by atoms with Gasteiger partial charge in [0.15, 0.2) is 28.7 Å². The molecule has 2 heterocycles. The van der Waals surface area contributed by atoms with Crippen molar-refractivity contribution in [3.05, 3.63) is 69.5 Å². The highest BCUT2D eigenvalue weighted by atomic mass is 35.5. The molecule has 1 N–H and O–H groups in total. The predicted molar refractivity (Wildman–Crippen MR) is 103 cm³/mol. The summed E-state index contributed by atoms with van der Waals surface area (Å²) < 4.78 is 82.9. The van der Waals surface area contributed by atoms with Crippen LogP contribution in [0.5, 0.6) is 0 Å². The van der Waals surface area contributed by atoms with Crippen LogP contribution in [0.25, 0.3) is 0 Å². The van der Waals surface area contributed by atoms with Gasteiger partial charge >= 0.3 is 0 Å². The van der Waals surface area contributed by atoms with Crippen molar-refractivity contribution in [2.24, 2.45) is 16.7 Å². The molecule has 2 aromatic rings. The zero-order valence-corrected chi connectivity index (χ0v) is 17.6. The molecule has 0 spiro atoms. The van der Waals surface area contributed by atoms with Gasteiger partial charge in [0.2, 0.25) is 22.9 Å². The van der Waals surface area contributed by atoms with Crippen LogP contribution in [0.4, 0.5) is 22.0 Å². The Kier molecular flexibility index (Phi) is 5.10. The van der Waals surface area contributed by atoms with Gasteiger partial charge in [-0.15, -0.1) is 0 Å². The van der Waals surface area contributed by atoms with Crippen LogP contribution in [0.3, 0.4) is 0 Å². The molecule has 0 amide bonds. The molecule has 34 heavy (non-hydrogen) atoms. The van der Waals surface area contributed by atoms with Crippen LogP contribution < -0.4 is 0 Å². The summed E-state index contributed by atoms with van der Waals surface area (Å²) in [5.41, 5.74) is -7.03. The van der Waals surface area contributed by atoms with E-state index in [4.69, 9.17) is 26.5 Å². The average Bonchev–Trinajstić information content (AvgIpc) is 2.99. The Morgan fingerprint density at radius 1 is 0.882 bits per heavy atom. The van der Waals surface area contributed by atoms with Crippen molar-refractivity contribution in [1.29, 1.82) is 21.2 Å². The molecule has 0 aromatic heterocycles. The van der Waals surface area contributed by atoms with E-state index in [9.17, 15) is 37.7 Å². The van der Waals surface area contributed by atoms with Gasteiger partial charge in [-0.2, -0.15) is 15.8 Å². The van der Waals surface area contributed by atoms with E-state index in [0.29, 0.717) is 0 Å². The normalized spacial score (nSPS) is 29.0. The van der Waals surface area contributed by atoms with Crippen molar-refractivity contribution >= 4 is 17.5 Å². The highest BCUT2D eigenvalue weighted by molar-refractivity contribution is 6.30. The summed E-state index contributed by atoms with van der Waals surface area (Å²) in [4.78, 5) is 0. The summed E-state index contributed by atoms with van der Waals surface area (Å²) >= 11 is 5.89. The molecule has 12 heteroatoms. The molecule has 2 aliphatic heterocycles. The van der Waals surface area contributed by atoms with Crippen LogP contribution >= 0.6 is 11.6 Å². The maximum atomic E-state index is 14.9. The number of hydrogen-bond acceptors (Lipinski definition) is 6. The van der Waals surface area contributed by atoms with Gasteiger partial charge in [0.25, 0.3) is 0 Å². The minimum Gasteiger partial charge on any atom is -0.443 e. The van der Waals surface area contributed by atoms with Gasteiger partial charge in [0, 0.05) is 10.6 Å². The largest absolute Gasteiger partial charge is 0.443 e.